The summed E-state index contributed by atoms with van der Waals surface area (Å²) in [4.78, 5) is 12.8. The van der Waals surface area contributed by atoms with Crippen LogP contribution < -0.4 is 0 Å². The van der Waals surface area contributed by atoms with Crippen LogP contribution in [0.4, 0.5) is 22.0 Å². The van der Waals surface area contributed by atoms with E-state index in [0.29, 0.717) is 16.8 Å². The normalized spacial score (nSPS) is 16.8. The second-order valence-corrected chi connectivity index (χ2v) is 6.25. The van der Waals surface area contributed by atoms with Gasteiger partial charge in [0, 0.05) is 18.5 Å². The van der Waals surface area contributed by atoms with E-state index in [4.69, 9.17) is 0 Å². The van der Waals surface area contributed by atoms with E-state index in [1.807, 2.05) is 0 Å². The highest BCUT2D eigenvalue weighted by Crippen LogP contribution is 2.33. The molecule has 0 aliphatic carbocycles. The van der Waals surface area contributed by atoms with Crippen LogP contribution in [0.2, 0.25) is 0 Å². The number of likely N-dealkylation sites (tertiary alicyclic amines) is 1. The number of hydrogen-bond donors (Lipinski definition) is 0. The number of aromatic nitrogens is 1. The fourth-order valence-electron chi connectivity index (χ4n) is 2.78. The van der Waals surface area contributed by atoms with Gasteiger partial charge in [-0.2, -0.15) is 13.2 Å². The lowest BCUT2D eigenvalue weighted by Crippen LogP contribution is -2.58. The molecule has 0 unspecified atom stereocenters. The van der Waals surface area contributed by atoms with E-state index in [0.717, 1.165) is 23.1 Å². The second kappa shape index (κ2) is 6.26. The molecule has 0 atom stereocenters. The standard InChI is InChI=1S/C18H15F5N2O/c1-12-7-13(9-14(8-12)18(21,22)23)15-3-2-5-24(15)6-4-16(26)25-10-17(19,20)11-25/h2-9H,10-11H2,1H3/b6-4-. The van der Waals surface area contributed by atoms with Gasteiger partial charge in [0.25, 0.3) is 5.92 Å². The predicted molar refractivity (Wildman–Crippen MR) is 86.5 cm³/mol. The van der Waals surface area contributed by atoms with Gasteiger partial charge in [0.1, 0.15) is 0 Å². The molecule has 1 aromatic heterocycles. The number of carbonyl (C=O) groups is 1. The zero-order chi connectivity index (χ0) is 19.1. The quantitative estimate of drug-likeness (QED) is 0.580. The van der Waals surface area contributed by atoms with Crippen LogP contribution in [0, 0.1) is 6.92 Å². The van der Waals surface area contributed by atoms with Crippen LogP contribution in [0.25, 0.3) is 17.5 Å². The number of amides is 1. The monoisotopic (exact) mass is 370 g/mol. The van der Waals surface area contributed by atoms with Crippen molar-refractivity contribution in [3.05, 3.63) is 53.7 Å². The molecule has 0 N–H and O–H groups in total. The summed E-state index contributed by atoms with van der Waals surface area (Å²) in [5, 5.41) is 0. The maximum Gasteiger partial charge on any atom is 0.416 e. The Morgan fingerprint density at radius 1 is 1.19 bits per heavy atom. The molecular formula is C18H15F5N2O. The Labute approximate surface area is 146 Å². The van der Waals surface area contributed by atoms with Crippen LogP contribution in [0.3, 0.4) is 0 Å². The lowest BCUT2D eigenvalue weighted by Gasteiger charge is -2.37. The minimum Gasteiger partial charge on any atom is -0.327 e. The van der Waals surface area contributed by atoms with E-state index in [2.05, 4.69) is 0 Å². The number of hydrogen-bond acceptors (Lipinski definition) is 1. The average molecular weight is 370 g/mol. The Kier molecular flexibility index (Phi) is 4.37. The minimum absolute atomic E-state index is 0.343. The number of carbonyl (C=O) groups excluding carboxylic acids is 1. The SMILES string of the molecule is Cc1cc(-c2cccn2/C=C\C(=O)N2CC(F)(F)C2)cc(C(F)(F)F)c1. The summed E-state index contributed by atoms with van der Waals surface area (Å²) in [6.07, 6.45) is -0.422. The second-order valence-electron chi connectivity index (χ2n) is 6.25. The van der Waals surface area contributed by atoms with E-state index in [1.165, 1.54) is 10.8 Å². The van der Waals surface area contributed by atoms with Gasteiger partial charge in [-0.05, 0) is 48.4 Å². The molecular weight excluding hydrogens is 355 g/mol. The Bertz CT molecular complexity index is 859. The van der Waals surface area contributed by atoms with Crippen LogP contribution in [0.5, 0.6) is 0 Å². The summed E-state index contributed by atoms with van der Waals surface area (Å²) in [7, 11) is 0. The van der Waals surface area contributed by atoms with Crippen molar-refractivity contribution < 1.29 is 26.7 Å². The number of halogens is 5. The Hall–Kier alpha value is -2.64. The summed E-state index contributed by atoms with van der Waals surface area (Å²) in [5.74, 6) is -3.42. The highest BCUT2D eigenvalue weighted by atomic mass is 19.4. The van der Waals surface area contributed by atoms with Gasteiger partial charge >= 0.3 is 6.18 Å². The first-order valence-corrected chi connectivity index (χ1v) is 7.76. The molecule has 26 heavy (non-hydrogen) atoms. The number of nitrogens with zero attached hydrogens (tertiary/aromatic N) is 2. The Morgan fingerprint density at radius 2 is 1.88 bits per heavy atom. The number of aryl methyl sites for hydroxylation is 1. The van der Waals surface area contributed by atoms with Crippen molar-refractivity contribution in [1.82, 2.24) is 9.47 Å². The van der Waals surface area contributed by atoms with Crippen molar-refractivity contribution in [2.24, 2.45) is 0 Å². The average Bonchev–Trinajstić information content (AvgIpc) is 2.97. The van der Waals surface area contributed by atoms with Crippen molar-refractivity contribution in [3.8, 4) is 11.3 Å². The topological polar surface area (TPSA) is 25.2 Å². The van der Waals surface area contributed by atoms with Crippen molar-refractivity contribution in [2.75, 3.05) is 13.1 Å². The molecule has 2 heterocycles. The molecule has 0 radical (unpaired) electrons. The lowest BCUT2D eigenvalue weighted by molar-refractivity contribution is -0.160. The molecule has 2 aromatic rings. The zero-order valence-corrected chi connectivity index (χ0v) is 13.7. The molecule has 3 nitrogen and oxygen atoms in total. The third-order valence-electron chi connectivity index (χ3n) is 4.01. The van der Waals surface area contributed by atoms with Gasteiger partial charge in [0.2, 0.25) is 5.91 Å². The smallest absolute Gasteiger partial charge is 0.327 e. The van der Waals surface area contributed by atoms with Crippen LogP contribution in [-0.4, -0.2) is 34.4 Å². The summed E-state index contributed by atoms with van der Waals surface area (Å²) < 4.78 is 66.1. The molecule has 8 heteroatoms. The molecule has 0 saturated carbocycles. The van der Waals surface area contributed by atoms with Crippen molar-refractivity contribution in [2.45, 2.75) is 19.0 Å². The maximum atomic E-state index is 13.0. The highest BCUT2D eigenvalue weighted by molar-refractivity contribution is 5.91. The van der Waals surface area contributed by atoms with Gasteiger partial charge in [-0.25, -0.2) is 8.78 Å². The van der Waals surface area contributed by atoms with Gasteiger partial charge in [-0.15, -0.1) is 0 Å². The highest BCUT2D eigenvalue weighted by Gasteiger charge is 2.45. The Morgan fingerprint density at radius 3 is 2.50 bits per heavy atom. The van der Waals surface area contributed by atoms with E-state index < -0.39 is 36.7 Å². The third-order valence-corrected chi connectivity index (χ3v) is 4.01. The molecule has 1 amide bonds. The molecule has 1 fully saturated rings. The molecule has 3 rings (SSSR count). The first kappa shape index (κ1) is 18.2. The maximum absolute atomic E-state index is 13.0. The van der Waals surface area contributed by atoms with Crippen molar-refractivity contribution >= 4 is 12.1 Å². The van der Waals surface area contributed by atoms with Crippen molar-refractivity contribution in [1.29, 1.82) is 0 Å². The summed E-state index contributed by atoms with van der Waals surface area (Å²) in [6, 6.07) is 6.93. The largest absolute Gasteiger partial charge is 0.416 e. The first-order valence-electron chi connectivity index (χ1n) is 7.76. The number of alkyl halides is 5. The van der Waals surface area contributed by atoms with Crippen LogP contribution in [0.1, 0.15) is 11.1 Å². The van der Waals surface area contributed by atoms with Gasteiger partial charge in [0.15, 0.2) is 0 Å². The Balaban J connectivity index is 1.84. The van der Waals surface area contributed by atoms with Crippen LogP contribution >= 0.6 is 0 Å². The summed E-state index contributed by atoms with van der Waals surface area (Å²) in [5.41, 5.74) is 0.487. The minimum atomic E-state index is -4.47. The van der Waals surface area contributed by atoms with E-state index >= 15 is 0 Å². The zero-order valence-electron chi connectivity index (χ0n) is 13.7. The number of benzene rings is 1. The summed E-state index contributed by atoms with van der Waals surface area (Å²) >= 11 is 0. The molecule has 0 bridgehead atoms. The third kappa shape index (κ3) is 3.79. The molecule has 1 saturated heterocycles. The van der Waals surface area contributed by atoms with Gasteiger partial charge in [0.05, 0.1) is 24.3 Å². The van der Waals surface area contributed by atoms with E-state index in [9.17, 15) is 26.7 Å². The lowest BCUT2D eigenvalue weighted by atomic mass is 10.0. The predicted octanol–water partition coefficient (Wildman–Crippen LogP) is 4.43. The first-order chi connectivity index (χ1) is 12.0. The van der Waals surface area contributed by atoms with Crippen LogP contribution in [-0.2, 0) is 11.0 Å². The van der Waals surface area contributed by atoms with Gasteiger partial charge < -0.3 is 9.47 Å². The van der Waals surface area contributed by atoms with Crippen LogP contribution in [0.15, 0.2) is 42.6 Å². The molecule has 1 aliphatic heterocycles. The molecule has 0 spiro atoms. The fourth-order valence-corrected chi connectivity index (χ4v) is 2.78. The van der Waals surface area contributed by atoms with Gasteiger partial charge in [-0.1, -0.05) is 0 Å². The van der Waals surface area contributed by atoms with E-state index in [1.54, 1.807) is 31.3 Å². The number of rotatable bonds is 3. The van der Waals surface area contributed by atoms with E-state index in [-0.39, 0.29) is 0 Å². The van der Waals surface area contributed by atoms with Crippen molar-refractivity contribution in [3.63, 3.8) is 0 Å². The van der Waals surface area contributed by atoms with Gasteiger partial charge in [-0.3, -0.25) is 4.79 Å². The molecule has 1 aromatic carbocycles. The molecule has 1 aliphatic rings. The summed E-state index contributed by atoms with van der Waals surface area (Å²) in [6.45, 7) is 0.318. The fraction of sp³-hybridized carbons (Fsp3) is 0.278. The molecule has 138 valence electrons.